The van der Waals surface area contributed by atoms with Crippen LogP contribution in [0.3, 0.4) is 0 Å². The van der Waals surface area contributed by atoms with Crippen LogP contribution in [0.4, 0.5) is 5.95 Å². The van der Waals surface area contributed by atoms with E-state index in [2.05, 4.69) is 27.4 Å². The summed E-state index contributed by atoms with van der Waals surface area (Å²) < 4.78 is 0. The molecule has 4 nitrogen and oxygen atoms in total. The number of nitrogens with zero attached hydrogens (tertiary/aromatic N) is 3. The lowest BCUT2D eigenvalue weighted by molar-refractivity contribution is 0.969. The molecule has 1 aromatic carbocycles. The second-order valence-corrected chi connectivity index (χ2v) is 4.35. The van der Waals surface area contributed by atoms with E-state index in [0.717, 1.165) is 29.1 Å². The Hall–Kier alpha value is -2.23. The smallest absolute Gasteiger partial charge is 0.243 e. The maximum atomic E-state index is 4.39. The highest BCUT2D eigenvalue weighted by atomic mass is 15.4. The molecule has 1 N–H and O–H groups in total. The third kappa shape index (κ3) is 3.61. The number of aromatic nitrogens is 2. The second kappa shape index (κ2) is 6.09. The van der Waals surface area contributed by atoms with Crippen LogP contribution in [0.1, 0.15) is 30.8 Å². The fourth-order valence-electron chi connectivity index (χ4n) is 1.74. The van der Waals surface area contributed by atoms with Crippen molar-refractivity contribution in [3.63, 3.8) is 0 Å². The molecule has 0 saturated heterocycles. The molecule has 0 spiro atoms. The molecular weight excluding hydrogens is 236 g/mol. The van der Waals surface area contributed by atoms with Crippen LogP contribution in [0.25, 0.3) is 0 Å². The molecule has 1 aromatic heterocycles. The van der Waals surface area contributed by atoms with Gasteiger partial charge in [0.05, 0.1) is 5.71 Å². The van der Waals surface area contributed by atoms with Crippen LogP contribution in [0.2, 0.25) is 0 Å². The van der Waals surface area contributed by atoms with Crippen molar-refractivity contribution < 1.29 is 0 Å². The number of nitrogens with one attached hydrogen (secondary N) is 1. The summed E-state index contributed by atoms with van der Waals surface area (Å²) in [6.07, 6.45) is 0.888. The topological polar surface area (TPSA) is 50.2 Å². The van der Waals surface area contributed by atoms with Gasteiger partial charge in [0, 0.05) is 11.4 Å². The molecular formula is C15H18N4. The SMILES string of the molecule is CCc1cc(C)nc(NN=C(C)c2ccccc2)n1. The van der Waals surface area contributed by atoms with Gasteiger partial charge >= 0.3 is 0 Å². The molecule has 98 valence electrons. The zero-order chi connectivity index (χ0) is 13.7. The van der Waals surface area contributed by atoms with Gasteiger partial charge in [0.1, 0.15) is 0 Å². The van der Waals surface area contributed by atoms with Crippen molar-refractivity contribution >= 4 is 11.7 Å². The third-order valence-electron chi connectivity index (χ3n) is 2.78. The Morgan fingerprint density at radius 3 is 2.63 bits per heavy atom. The molecule has 0 fully saturated rings. The van der Waals surface area contributed by atoms with Crippen LogP contribution < -0.4 is 5.43 Å². The summed E-state index contributed by atoms with van der Waals surface area (Å²) in [5.41, 5.74) is 6.87. The normalized spacial score (nSPS) is 11.4. The predicted octanol–water partition coefficient (Wildman–Crippen LogP) is 3.18. The Balaban J connectivity index is 2.16. The minimum Gasteiger partial charge on any atom is -0.245 e. The Morgan fingerprint density at radius 1 is 1.21 bits per heavy atom. The fourth-order valence-corrected chi connectivity index (χ4v) is 1.74. The van der Waals surface area contributed by atoms with Crippen molar-refractivity contribution in [2.75, 3.05) is 5.43 Å². The van der Waals surface area contributed by atoms with Gasteiger partial charge in [0.15, 0.2) is 0 Å². The summed E-state index contributed by atoms with van der Waals surface area (Å²) in [4.78, 5) is 8.71. The van der Waals surface area contributed by atoms with Gasteiger partial charge in [-0.2, -0.15) is 5.10 Å². The predicted molar refractivity (Wildman–Crippen MR) is 78.4 cm³/mol. The van der Waals surface area contributed by atoms with Gasteiger partial charge in [-0.15, -0.1) is 0 Å². The number of aryl methyl sites for hydroxylation is 2. The summed E-state index contributed by atoms with van der Waals surface area (Å²) in [6, 6.07) is 12.0. The molecule has 0 atom stereocenters. The average Bonchev–Trinajstić information content (AvgIpc) is 2.45. The van der Waals surface area contributed by atoms with Crippen LogP contribution in [-0.2, 0) is 6.42 Å². The Kier molecular flexibility index (Phi) is 4.23. The van der Waals surface area contributed by atoms with Crippen molar-refractivity contribution in [3.8, 4) is 0 Å². The van der Waals surface area contributed by atoms with Crippen molar-refractivity contribution in [1.29, 1.82) is 0 Å². The molecule has 0 unspecified atom stereocenters. The maximum Gasteiger partial charge on any atom is 0.243 e. The summed E-state index contributed by atoms with van der Waals surface area (Å²) >= 11 is 0. The first-order valence-electron chi connectivity index (χ1n) is 6.39. The molecule has 0 aliphatic rings. The van der Waals surface area contributed by atoms with E-state index in [-0.39, 0.29) is 0 Å². The van der Waals surface area contributed by atoms with E-state index < -0.39 is 0 Å². The lowest BCUT2D eigenvalue weighted by atomic mass is 10.1. The first kappa shape index (κ1) is 13.2. The zero-order valence-corrected chi connectivity index (χ0v) is 11.5. The Labute approximate surface area is 113 Å². The molecule has 1 heterocycles. The quantitative estimate of drug-likeness (QED) is 0.673. The average molecular weight is 254 g/mol. The van der Waals surface area contributed by atoms with E-state index >= 15 is 0 Å². The molecule has 0 amide bonds. The first-order chi connectivity index (χ1) is 9.19. The third-order valence-corrected chi connectivity index (χ3v) is 2.78. The van der Waals surface area contributed by atoms with Gasteiger partial charge in [0.2, 0.25) is 5.95 Å². The lowest BCUT2D eigenvalue weighted by Gasteiger charge is -2.05. The number of benzene rings is 1. The van der Waals surface area contributed by atoms with Gasteiger partial charge in [-0.1, -0.05) is 37.3 Å². The van der Waals surface area contributed by atoms with Gasteiger partial charge in [-0.25, -0.2) is 15.4 Å². The van der Waals surface area contributed by atoms with Gasteiger partial charge in [0.25, 0.3) is 0 Å². The van der Waals surface area contributed by atoms with Crippen LogP contribution in [0, 0.1) is 6.92 Å². The number of hydrazone groups is 1. The molecule has 0 aliphatic carbocycles. The molecule has 0 radical (unpaired) electrons. The molecule has 0 aliphatic heterocycles. The second-order valence-electron chi connectivity index (χ2n) is 4.35. The Morgan fingerprint density at radius 2 is 1.95 bits per heavy atom. The number of rotatable bonds is 4. The molecule has 0 saturated carbocycles. The zero-order valence-electron chi connectivity index (χ0n) is 11.5. The van der Waals surface area contributed by atoms with Gasteiger partial charge in [-0.05, 0) is 31.9 Å². The number of anilines is 1. The van der Waals surface area contributed by atoms with E-state index in [4.69, 9.17) is 0 Å². The Bertz CT molecular complexity index is 576. The van der Waals surface area contributed by atoms with Crippen LogP contribution in [-0.4, -0.2) is 15.7 Å². The minimum absolute atomic E-state index is 0.548. The lowest BCUT2D eigenvalue weighted by Crippen LogP contribution is -2.04. The van der Waals surface area contributed by atoms with E-state index in [1.165, 1.54) is 0 Å². The molecule has 2 aromatic rings. The monoisotopic (exact) mass is 254 g/mol. The van der Waals surface area contributed by atoms with Crippen LogP contribution in [0.15, 0.2) is 41.5 Å². The highest BCUT2D eigenvalue weighted by molar-refractivity contribution is 5.98. The maximum absolute atomic E-state index is 4.39. The van der Waals surface area contributed by atoms with Crippen molar-refractivity contribution in [3.05, 3.63) is 53.3 Å². The largest absolute Gasteiger partial charge is 0.245 e. The van der Waals surface area contributed by atoms with Crippen molar-refractivity contribution in [2.24, 2.45) is 5.10 Å². The summed E-state index contributed by atoms with van der Waals surface area (Å²) in [5, 5.41) is 4.32. The molecule has 2 rings (SSSR count). The van der Waals surface area contributed by atoms with E-state index in [9.17, 15) is 0 Å². The summed E-state index contributed by atoms with van der Waals surface area (Å²) in [6.45, 7) is 5.99. The molecule has 19 heavy (non-hydrogen) atoms. The standard InChI is InChI=1S/C15H18N4/c1-4-14-10-11(2)16-15(17-14)19-18-12(3)13-8-6-5-7-9-13/h5-10H,4H2,1-3H3,(H,16,17,19). The van der Waals surface area contributed by atoms with Crippen molar-refractivity contribution in [2.45, 2.75) is 27.2 Å². The van der Waals surface area contributed by atoms with Crippen LogP contribution in [0.5, 0.6) is 0 Å². The van der Waals surface area contributed by atoms with Gasteiger partial charge < -0.3 is 0 Å². The van der Waals surface area contributed by atoms with Crippen LogP contribution >= 0.6 is 0 Å². The number of hydrogen-bond acceptors (Lipinski definition) is 4. The van der Waals surface area contributed by atoms with E-state index in [1.54, 1.807) is 0 Å². The fraction of sp³-hybridized carbons (Fsp3) is 0.267. The van der Waals surface area contributed by atoms with E-state index in [1.807, 2.05) is 50.2 Å². The number of hydrogen-bond donors (Lipinski definition) is 1. The van der Waals surface area contributed by atoms with Crippen molar-refractivity contribution in [1.82, 2.24) is 9.97 Å². The molecule has 4 heteroatoms. The van der Waals surface area contributed by atoms with E-state index in [0.29, 0.717) is 5.95 Å². The first-order valence-corrected chi connectivity index (χ1v) is 6.39. The van der Waals surface area contributed by atoms with Gasteiger partial charge in [-0.3, -0.25) is 0 Å². The highest BCUT2D eigenvalue weighted by Gasteiger charge is 2.00. The summed E-state index contributed by atoms with van der Waals surface area (Å²) in [7, 11) is 0. The minimum atomic E-state index is 0.548. The highest BCUT2D eigenvalue weighted by Crippen LogP contribution is 2.06. The summed E-state index contributed by atoms with van der Waals surface area (Å²) in [5.74, 6) is 0.548. The molecule has 0 bridgehead atoms.